The Balaban J connectivity index is 2.06. The second-order valence-corrected chi connectivity index (χ2v) is 7.95. The number of benzene rings is 2. The summed E-state index contributed by atoms with van der Waals surface area (Å²) in [6, 6.07) is 12.6. The van der Waals surface area contributed by atoms with E-state index in [4.69, 9.17) is 23.8 Å². The van der Waals surface area contributed by atoms with Crippen molar-refractivity contribution in [2.24, 2.45) is 0 Å². The Morgan fingerprint density at radius 2 is 1.85 bits per heavy atom. The fourth-order valence-electron chi connectivity index (χ4n) is 2.39. The van der Waals surface area contributed by atoms with E-state index < -0.39 is 4.92 Å². The smallest absolute Gasteiger partial charge is 0.271 e. The monoisotopic (exact) mass is 391 g/mol. The van der Waals surface area contributed by atoms with E-state index in [-0.39, 0.29) is 11.1 Å². The van der Waals surface area contributed by atoms with Crippen LogP contribution < -0.4 is 5.32 Å². The van der Waals surface area contributed by atoms with Gasteiger partial charge in [-0.25, -0.2) is 0 Å². The third-order valence-corrected chi connectivity index (χ3v) is 4.73. The van der Waals surface area contributed by atoms with Crippen molar-refractivity contribution in [3.05, 3.63) is 68.7 Å². The third kappa shape index (κ3) is 5.16. The SMILES string of the molecule is CN(Cc1ccc(C(C)(C)C)cc1)C(=S)Nc1cc([N+](=O)[O-])ccc1Cl. The molecule has 0 saturated carbocycles. The minimum atomic E-state index is -0.467. The number of thiocarbonyl (C=S) groups is 1. The molecule has 5 nitrogen and oxygen atoms in total. The maximum absolute atomic E-state index is 10.9. The zero-order chi connectivity index (χ0) is 19.5. The van der Waals surface area contributed by atoms with Gasteiger partial charge in [-0.1, -0.05) is 56.6 Å². The van der Waals surface area contributed by atoms with E-state index in [1.165, 1.54) is 23.8 Å². The van der Waals surface area contributed by atoms with E-state index in [9.17, 15) is 10.1 Å². The number of hydrogen-bond donors (Lipinski definition) is 1. The van der Waals surface area contributed by atoms with Gasteiger partial charge in [0.25, 0.3) is 5.69 Å². The Morgan fingerprint density at radius 3 is 2.38 bits per heavy atom. The highest BCUT2D eigenvalue weighted by molar-refractivity contribution is 7.80. The molecule has 0 aliphatic heterocycles. The number of nitro benzene ring substituents is 1. The van der Waals surface area contributed by atoms with Crippen LogP contribution in [0.1, 0.15) is 31.9 Å². The van der Waals surface area contributed by atoms with Gasteiger partial charge in [-0.2, -0.15) is 0 Å². The standard InChI is InChI=1S/C19H22ClN3O2S/c1-19(2,3)14-7-5-13(6-8-14)12-22(4)18(26)21-17-11-15(23(24)25)9-10-16(17)20/h5-11H,12H2,1-4H3,(H,21,26). The van der Waals surface area contributed by atoms with Crippen LogP contribution in [0.5, 0.6) is 0 Å². The lowest BCUT2D eigenvalue weighted by molar-refractivity contribution is -0.384. The summed E-state index contributed by atoms with van der Waals surface area (Å²) in [5.74, 6) is 0. The molecule has 0 radical (unpaired) electrons. The Hall–Kier alpha value is -2.18. The predicted molar refractivity (Wildman–Crippen MR) is 111 cm³/mol. The fourth-order valence-corrected chi connectivity index (χ4v) is 2.73. The molecule has 0 fully saturated rings. The molecule has 0 aliphatic rings. The number of rotatable bonds is 4. The summed E-state index contributed by atoms with van der Waals surface area (Å²) in [6.07, 6.45) is 0. The summed E-state index contributed by atoms with van der Waals surface area (Å²) in [4.78, 5) is 12.3. The molecule has 2 rings (SSSR count). The highest BCUT2D eigenvalue weighted by Gasteiger charge is 2.15. The summed E-state index contributed by atoms with van der Waals surface area (Å²) < 4.78 is 0. The molecule has 26 heavy (non-hydrogen) atoms. The fraction of sp³-hybridized carbons (Fsp3) is 0.316. The van der Waals surface area contributed by atoms with Crippen LogP contribution in [-0.2, 0) is 12.0 Å². The second-order valence-electron chi connectivity index (χ2n) is 7.15. The maximum Gasteiger partial charge on any atom is 0.271 e. The second kappa shape index (κ2) is 8.01. The van der Waals surface area contributed by atoms with E-state index in [0.717, 1.165) is 5.56 Å². The Labute approximate surface area is 164 Å². The first-order chi connectivity index (χ1) is 12.1. The van der Waals surface area contributed by atoms with Crippen molar-refractivity contribution in [3.63, 3.8) is 0 Å². The van der Waals surface area contributed by atoms with Crippen LogP contribution in [-0.4, -0.2) is 22.0 Å². The van der Waals surface area contributed by atoms with Gasteiger partial charge in [0.15, 0.2) is 5.11 Å². The zero-order valence-electron chi connectivity index (χ0n) is 15.2. The van der Waals surface area contributed by atoms with Crippen molar-refractivity contribution in [3.8, 4) is 0 Å². The highest BCUT2D eigenvalue weighted by atomic mass is 35.5. The Morgan fingerprint density at radius 1 is 1.23 bits per heavy atom. The lowest BCUT2D eigenvalue weighted by Gasteiger charge is -2.23. The number of hydrogen-bond acceptors (Lipinski definition) is 3. The van der Waals surface area contributed by atoms with Crippen LogP contribution in [0.25, 0.3) is 0 Å². The minimum Gasteiger partial charge on any atom is -0.348 e. The number of nitrogens with one attached hydrogen (secondary N) is 1. The van der Waals surface area contributed by atoms with E-state index in [0.29, 0.717) is 22.4 Å². The molecular formula is C19H22ClN3O2S. The van der Waals surface area contributed by atoms with Gasteiger partial charge in [0.2, 0.25) is 0 Å². The van der Waals surface area contributed by atoms with Gasteiger partial charge >= 0.3 is 0 Å². The molecule has 0 atom stereocenters. The number of nitro groups is 1. The average Bonchev–Trinajstić information content (AvgIpc) is 2.56. The quantitative estimate of drug-likeness (QED) is 0.431. The van der Waals surface area contributed by atoms with Crippen LogP contribution in [0.4, 0.5) is 11.4 Å². The molecule has 0 bridgehead atoms. The molecule has 0 spiro atoms. The van der Waals surface area contributed by atoms with Crippen molar-refractivity contribution < 1.29 is 4.92 Å². The topological polar surface area (TPSA) is 58.4 Å². The third-order valence-electron chi connectivity index (χ3n) is 3.99. The van der Waals surface area contributed by atoms with Crippen molar-refractivity contribution >= 4 is 40.3 Å². The van der Waals surface area contributed by atoms with Crippen molar-refractivity contribution in [1.82, 2.24) is 4.90 Å². The van der Waals surface area contributed by atoms with E-state index in [2.05, 4.69) is 50.4 Å². The lowest BCUT2D eigenvalue weighted by Crippen LogP contribution is -2.30. The highest BCUT2D eigenvalue weighted by Crippen LogP contribution is 2.27. The van der Waals surface area contributed by atoms with Crippen LogP contribution in [0.15, 0.2) is 42.5 Å². The zero-order valence-corrected chi connectivity index (χ0v) is 16.8. The van der Waals surface area contributed by atoms with Gasteiger partial charge < -0.3 is 10.2 Å². The molecule has 7 heteroatoms. The number of halogens is 1. The van der Waals surface area contributed by atoms with Gasteiger partial charge in [-0.15, -0.1) is 0 Å². The number of non-ortho nitro benzene ring substituents is 1. The molecule has 0 amide bonds. The molecule has 0 saturated heterocycles. The molecule has 1 N–H and O–H groups in total. The van der Waals surface area contributed by atoms with Crippen LogP contribution in [0, 0.1) is 10.1 Å². The lowest BCUT2D eigenvalue weighted by atomic mass is 9.87. The molecule has 2 aromatic carbocycles. The molecule has 138 valence electrons. The minimum absolute atomic E-state index is 0.0416. The van der Waals surface area contributed by atoms with Crippen LogP contribution in [0.3, 0.4) is 0 Å². The summed E-state index contributed by atoms with van der Waals surface area (Å²) >= 11 is 11.5. The van der Waals surface area contributed by atoms with E-state index in [1.807, 2.05) is 11.9 Å². The molecule has 0 unspecified atom stereocenters. The van der Waals surface area contributed by atoms with Crippen LogP contribution >= 0.6 is 23.8 Å². The van der Waals surface area contributed by atoms with Gasteiger partial charge in [0.05, 0.1) is 15.6 Å². The first kappa shape index (κ1) is 20.1. The first-order valence-corrected chi connectivity index (χ1v) is 8.92. The van der Waals surface area contributed by atoms with E-state index >= 15 is 0 Å². The maximum atomic E-state index is 10.9. The van der Waals surface area contributed by atoms with E-state index in [1.54, 1.807) is 0 Å². The van der Waals surface area contributed by atoms with Crippen LogP contribution in [0.2, 0.25) is 5.02 Å². The predicted octanol–water partition coefficient (Wildman–Crippen LogP) is 5.37. The van der Waals surface area contributed by atoms with Crippen molar-refractivity contribution in [2.75, 3.05) is 12.4 Å². The van der Waals surface area contributed by atoms with Gasteiger partial charge in [0, 0.05) is 25.7 Å². The van der Waals surface area contributed by atoms with Crippen molar-refractivity contribution in [2.45, 2.75) is 32.7 Å². The normalized spacial score (nSPS) is 11.1. The molecule has 0 aliphatic carbocycles. The number of nitrogens with zero attached hydrogens (tertiary/aromatic N) is 2. The van der Waals surface area contributed by atoms with Gasteiger partial charge in [0.1, 0.15) is 0 Å². The van der Waals surface area contributed by atoms with Crippen molar-refractivity contribution in [1.29, 1.82) is 0 Å². The molecule has 0 aromatic heterocycles. The van der Waals surface area contributed by atoms with Gasteiger partial charge in [-0.3, -0.25) is 10.1 Å². The average molecular weight is 392 g/mol. The molecular weight excluding hydrogens is 370 g/mol. The molecule has 0 heterocycles. The molecule has 2 aromatic rings. The number of anilines is 1. The summed E-state index contributed by atoms with van der Waals surface area (Å²) in [5, 5.41) is 14.7. The largest absolute Gasteiger partial charge is 0.348 e. The summed E-state index contributed by atoms with van der Waals surface area (Å²) in [7, 11) is 1.86. The Bertz CT molecular complexity index is 817. The Kier molecular flexibility index (Phi) is 6.21. The summed E-state index contributed by atoms with van der Waals surface area (Å²) in [6.45, 7) is 7.14. The first-order valence-electron chi connectivity index (χ1n) is 8.13. The van der Waals surface area contributed by atoms with Gasteiger partial charge in [-0.05, 0) is 34.8 Å². The summed E-state index contributed by atoms with van der Waals surface area (Å²) in [5.41, 5.74) is 2.88.